The van der Waals surface area contributed by atoms with Crippen LogP contribution in [0.15, 0.2) is 22.9 Å². The zero-order chi connectivity index (χ0) is 16.8. The minimum absolute atomic E-state index is 0.539. The first-order valence-electron chi connectivity index (χ1n) is 8.50. The van der Waals surface area contributed by atoms with Gasteiger partial charge in [0.1, 0.15) is 5.82 Å². The molecule has 3 heterocycles. The Balaban J connectivity index is 1.71. The zero-order valence-electron chi connectivity index (χ0n) is 14.4. The number of aryl methyl sites for hydroxylation is 1. The lowest BCUT2D eigenvalue weighted by Crippen LogP contribution is -2.32. The smallest absolute Gasteiger partial charge is 0.261 e. The van der Waals surface area contributed by atoms with Gasteiger partial charge in [-0.05, 0) is 38.4 Å². The first-order valence-corrected chi connectivity index (χ1v) is 8.50. The SMILES string of the molecule is COCCCN1CCCN(c2ncccc2-c2nc(C)no2)CC1. The molecule has 0 aromatic carbocycles. The molecule has 130 valence electrons. The minimum Gasteiger partial charge on any atom is -0.385 e. The molecule has 3 rings (SSSR count). The highest BCUT2D eigenvalue weighted by atomic mass is 16.5. The molecule has 0 saturated carbocycles. The molecule has 0 aliphatic carbocycles. The number of hydrogen-bond acceptors (Lipinski definition) is 7. The van der Waals surface area contributed by atoms with Crippen molar-refractivity contribution in [3.63, 3.8) is 0 Å². The summed E-state index contributed by atoms with van der Waals surface area (Å²) in [5.41, 5.74) is 0.908. The highest BCUT2D eigenvalue weighted by Crippen LogP contribution is 2.28. The Morgan fingerprint density at radius 1 is 1.25 bits per heavy atom. The highest BCUT2D eigenvalue weighted by molar-refractivity contribution is 5.69. The Morgan fingerprint density at radius 3 is 2.96 bits per heavy atom. The molecule has 0 unspecified atom stereocenters. The molecule has 1 aliphatic rings. The van der Waals surface area contributed by atoms with Gasteiger partial charge in [-0.2, -0.15) is 4.98 Å². The molecule has 24 heavy (non-hydrogen) atoms. The summed E-state index contributed by atoms with van der Waals surface area (Å²) in [4.78, 5) is 13.8. The van der Waals surface area contributed by atoms with E-state index in [1.54, 1.807) is 7.11 Å². The standard InChI is InChI=1S/C17H25N5O2/c1-14-19-17(24-20-14)15-6-3-7-18-16(15)22-10-4-8-21(11-12-22)9-5-13-23-2/h3,6-7H,4-5,8-13H2,1-2H3. The van der Waals surface area contributed by atoms with E-state index >= 15 is 0 Å². The second kappa shape index (κ2) is 8.21. The van der Waals surface area contributed by atoms with Gasteiger partial charge in [0.2, 0.25) is 0 Å². The molecule has 0 N–H and O–H groups in total. The maximum Gasteiger partial charge on any atom is 0.261 e. The highest BCUT2D eigenvalue weighted by Gasteiger charge is 2.21. The monoisotopic (exact) mass is 331 g/mol. The molecule has 2 aromatic rings. The Kier molecular flexibility index (Phi) is 5.77. The molecule has 7 heteroatoms. The van der Waals surface area contributed by atoms with Crippen molar-refractivity contribution in [2.24, 2.45) is 0 Å². The lowest BCUT2D eigenvalue weighted by Gasteiger charge is -2.23. The summed E-state index contributed by atoms with van der Waals surface area (Å²) in [5, 5.41) is 3.90. The van der Waals surface area contributed by atoms with Crippen molar-refractivity contribution in [3.05, 3.63) is 24.2 Å². The third kappa shape index (κ3) is 4.10. The number of ether oxygens (including phenoxy) is 1. The van der Waals surface area contributed by atoms with Crippen molar-refractivity contribution in [2.75, 3.05) is 51.3 Å². The van der Waals surface area contributed by atoms with Crippen molar-refractivity contribution in [2.45, 2.75) is 19.8 Å². The van der Waals surface area contributed by atoms with Crippen LogP contribution in [0, 0.1) is 6.92 Å². The molecule has 0 spiro atoms. The first-order chi connectivity index (χ1) is 11.8. The molecule has 1 saturated heterocycles. The second-order valence-corrected chi connectivity index (χ2v) is 6.05. The average Bonchev–Trinajstić information content (AvgIpc) is 2.90. The van der Waals surface area contributed by atoms with Crippen LogP contribution in [-0.4, -0.2) is 66.5 Å². The number of hydrogen-bond donors (Lipinski definition) is 0. The van der Waals surface area contributed by atoms with E-state index in [9.17, 15) is 0 Å². The minimum atomic E-state index is 0.539. The van der Waals surface area contributed by atoms with Crippen LogP contribution < -0.4 is 4.90 Å². The summed E-state index contributed by atoms with van der Waals surface area (Å²) in [6, 6.07) is 3.91. The lowest BCUT2D eigenvalue weighted by molar-refractivity contribution is 0.174. The Morgan fingerprint density at radius 2 is 2.17 bits per heavy atom. The predicted molar refractivity (Wildman–Crippen MR) is 92.0 cm³/mol. The second-order valence-electron chi connectivity index (χ2n) is 6.05. The van der Waals surface area contributed by atoms with E-state index in [-0.39, 0.29) is 0 Å². The third-order valence-corrected chi connectivity index (χ3v) is 4.26. The van der Waals surface area contributed by atoms with Crippen LogP contribution in [0.3, 0.4) is 0 Å². The van der Waals surface area contributed by atoms with Gasteiger partial charge in [0.05, 0.1) is 5.56 Å². The van der Waals surface area contributed by atoms with Gasteiger partial charge in [-0.1, -0.05) is 5.16 Å². The fourth-order valence-corrected chi connectivity index (χ4v) is 3.06. The summed E-state index contributed by atoms with van der Waals surface area (Å²) in [6.07, 6.45) is 4.02. The van der Waals surface area contributed by atoms with E-state index in [0.717, 1.165) is 63.6 Å². The van der Waals surface area contributed by atoms with E-state index in [0.29, 0.717) is 11.7 Å². The summed E-state index contributed by atoms with van der Waals surface area (Å²) >= 11 is 0. The normalized spacial score (nSPS) is 16.3. The third-order valence-electron chi connectivity index (χ3n) is 4.26. The van der Waals surface area contributed by atoms with Gasteiger partial charge in [-0.3, -0.25) is 0 Å². The summed E-state index contributed by atoms with van der Waals surface area (Å²) < 4.78 is 10.5. The Labute approximate surface area is 142 Å². The molecular formula is C17H25N5O2. The van der Waals surface area contributed by atoms with Crippen molar-refractivity contribution >= 4 is 5.82 Å². The molecule has 0 radical (unpaired) electrons. The van der Waals surface area contributed by atoms with Gasteiger partial charge >= 0.3 is 0 Å². The molecule has 0 amide bonds. The number of anilines is 1. The van der Waals surface area contributed by atoms with Crippen molar-refractivity contribution in [1.82, 2.24) is 20.0 Å². The number of pyridine rings is 1. The fraction of sp³-hybridized carbons (Fsp3) is 0.588. The van der Waals surface area contributed by atoms with E-state index in [1.807, 2.05) is 25.3 Å². The van der Waals surface area contributed by atoms with Gasteiger partial charge in [0.15, 0.2) is 5.82 Å². The Hall–Kier alpha value is -1.99. The number of nitrogens with zero attached hydrogens (tertiary/aromatic N) is 5. The van der Waals surface area contributed by atoms with E-state index in [2.05, 4.69) is 24.9 Å². The van der Waals surface area contributed by atoms with Crippen LogP contribution in [-0.2, 0) is 4.74 Å². The first kappa shape index (κ1) is 16.9. The molecule has 1 fully saturated rings. The number of aromatic nitrogens is 3. The van der Waals surface area contributed by atoms with Crippen LogP contribution in [0.25, 0.3) is 11.5 Å². The maximum atomic E-state index is 5.35. The molecule has 0 atom stereocenters. The van der Waals surface area contributed by atoms with E-state index < -0.39 is 0 Å². The van der Waals surface area contributed by atoms with Crippen LogP contribution >= 0.6 is 0 Å². The summed E-state index contributed by atoms with van der Waals surface area (Å²) in [5.74, 6) is 2.11. The topological polar surface area (TPSA) is 67.5 Å². The number of methoxy groups -OCH3 is 1. The van der Waals surface area contributed by atoms with E-state index in [1.165, 1.54) is 0 Å². The Bertz CT molecular complexity index is 645. The zero-order valence-corrected chi connectivity index (χ0v) is 14.4. The van der Waals surface area contributed by atoms with Gasteiger partial charge in [-0.15, -0.1) is 0 Å². The van der Waals surface area contributed by atoms with Gasteiger partial charge < -0.3 is 19.1 Å². The lowest BCUT2D eigenvalue weighted by atomic mass is 10.2. The summed E-state index contributed by atoms with van der Waals surface area (Å²) in [7, 11) is 1.76. The van der Waals surface area contributed by atoms with Crippen molar-refractivity contribution < 1.29 is 9.26 Å². The molecule has 7 nitrogen and oxygen atoms in total. The van der Waals surface area contributed by atoms with Gasteiger partial charge in [-0.25, -0.2) is 4.98 Å². The average molecular weight is 331 g/mol. The fourth-order valence-electron chi connectivity index (χ4n) is 3.06. The molecule has 0 bridgehead atoms. The van der Waals surface area contributed by atoms with Crippen LogP contribution in [0.1, 0.15) is 18.7 Å². The van der Waals surface area contributed by atoms with Crippen LogP contribution in [0.5, 0.6) is 0 Å². The quantitative estimate of drug-likeness (QED) is 0.750. The van der Waals surface area contributed by atoms with Crippen molar-refractivity contribution in [1.29, 1.82) is 0 Å². The largest absolute Gasteiger partial charge is 0.385 e. The van der Waals surface area contributed by atoms with Crippen molar-refractivity contribution in [3.8, 4) is 11.5 Å². The molecular weight excluding hydrogens is 306 g/mol. The van der Waals surface area contributed by atoms with Gasteiger partial charge in [0, 0.05) is 46.1 Å². The number of rotatable bonds is 6. The predicted octanol–water partition coefficient (Wildman–Crippen LogP) is 1.99. The molecule has 1 aliphatic heterocycles. The summed E-state index contributed by atoms with van der Waals surface area (Å²) in [6.45, 7) is 7.81. The van der Waals surface area contributed by atoms with E-state index in [4.69, 9.17) is 9.26 Å². The van der Waals surface area contributed by atoms with Crippen LogP contribution in [0.2, 0.25) is 0 Å². The molecule has 2 aromatic heterocycles. The maximum absolute atomic E-state index is 5.35. The van der Waals surface area contributed by atoms with Crippen LogP contribution in [0.4, 0.5) is 5.82 Å². The van der Waals surface area contributed by atoms with Gasteiger partial charge in [0.25, 0.3) is 5.89 Å².